The first-order chi connectivity index (χ1) is 14.2. The van der Waals surface area contributed by atoms with Crippen molar-refractivity contribution in [3.8, 4) is 11.6 Å². The van der Waals surface area contributed by atoms with Crippen molar-refractivity contribution in [1.29, 1.82) is 0 Å². The zero-order chi connectivity index (χ0) is 19.8. The molecule has 0 spiro atoms. The molecular weight excluding hydrogens is 364 g/mol. The van der Waals surface area contributed by atoms with E-state index in [0.29, 0.717) is 5.56 Å². The van der Waals surface area contributed by atoms with Crippen LogP contribution >= 0.6 is 0 Å². The zero-order valence-corrected chi connectivity index (χ0v) is 15.2. The number of nitrogens with zero attached hydrogens (tertiary/aromatic N) is 3. The summed E-state index contributed by atoms with van der Waals surface area (Å²) in [5.74, 6) is 0.203. The lowest BCUT2D eigenvalue weighted by Crippen LogP contribution is -2.08. The monoisotopic (exact) mass is 380 g/mol. The van der Waals surface area contributed by atoms with Crippen LogP contribution in [0.2, 0.25) is 0 Å². The smallest absolute Gasteiger partial charge is 0.196 e. The molecule has 2 aromatic heterocycles. The van der Waals surface area contributed by atoms with Gasteiger partial charge in [0.05, 0.1) is 11.4 Å². The summed E-state index contributed by atoms with van der Waals surface area (Å²) in [5.41, 5.74) is 3.98. The van der Waals surface area contributed by atoms with Crippen LogP contribution < -0.4 is 10.4 Å². The first-order valence-electron chi connectivity index (χ1n) is 9.07. The number of nitrogens with one attached hydrogen (secondary N) is 1. The highest BCUT2D eigenvalue weighted by molar-refractivity contribution is 5.92. The third kappa shape index (κ3) is 3.17. The average Bonchev–Trinajstić information content (AvgIpc) is 3.28. The second-order valence-electron chi connectivity index (χ2n) is 6.74. The van der Waals surface area contributed by atoms with Crippen molar-refractivity contribution < 1.29 is 10.2 Å². The van der Waals surface area contributed by atoms with Gasteiger partial charge in [0.25, 0.3) is 0 Å². The first kappa shape index (κ1) is 16.9. The molecule has 0 aliphatic carbocycles. The molecule has 0 unspecified atom stereocenters. The van der Waals surface area contributed by atoms with E-state index in [1.807, 2.05) is 48.6 Å². The van der Waals surface area contributed by atoms with Crippen molar-refractivity contribution in [2.45, 2.75) is 0 Å². The van der Waals surface area contributed by atoms with Crippen LogP contribution in [0.1, 0.15) is 11.1 Å². The lowest BCUT2D eigenvalue weighted by Gasteiger charge is -1.96. The van der Waals surface area contributed by atoms with Crippen molar-refractivity contribution in [1.82, 2.24) is 9.97 Å². The Hall–Kier alpha value is -4.19. The molecule has 0 saturated heterocycles. The molecule has 1 aliphatic rings. The maximum atomic E-state index is 10.3. The lowest BCUT2D eigenvalue weighted by molar-refractivity contribution is 0.457. The van der Waals surface area contributed by atoms with E-state index in [1.54, 1.807) is 30.6 Å². The molecular formula is C23H16N4O2. The van der Waals surface area contributed by atoms with Crippen LogP contribution in [0, 0.1) is 0 Å². The largest absolute Gasteiger partial charge is 0.508 e. The second-order valence-corrected chi connectivity index (χ2v) is 6.74. The molecule has 0 amide bonds. The Morgan fingerprint density at radius 3 is 2.59 bits per heavy atom. The number of aromatic hydroxyl groups is 2. The molecule has 0 fully saturated rings. The van der Waals surface area contributed by atoms with Gasteiger partial charge in [0.2, 0.25) is 0 Å². The standard InChI is InChI=1S/C23H16N4O2/c28-16-3-6-20-18(13-16)19(23(29)25-20)11-15-1-4-17-21(26-27-22(17)12-15)5-2-14-7-9-24-10-8-14/h1-13,25,28-29H. The minimum absolute atomic E-state index is 0.0558. The van der Waals surface area contributed by atoms with Gasteiger partial charge in [0, 0.05) is 34.1 Å². The third-order valence-electron chi connectivity index (χ3n) is 4.82. The molecule has 0 atom stereocenters. The predicted molar refractivity (Wildman–Crippen MR) is 112 cm³/mol. The van der Waals surface area contributed by atoms with Gasteiger partial charge < -0.3 is 15.2 Å². The fourth-order valence-corrected chi connectivity index (χ4v) is 3.37. The molecule has 140 valence electrons. The molecule has 1 aliphatic heterocycles. The Labute approximate surface area is 165 Å². The summed E-state index contributed by atoms with van der Waals surface area (Å²) in [7, 11) is 0. The van der Waals surface area contributed by atoms with Crippen LogP contribution in [0.4, 0.5) is 5.69 Å². The molecule has 3 heterocycles. The van der Waals surface area contributed by atoms with Crippen molar-refractivity contribution in [2.75, 3.05) is 0 Å². The number of benzene rings is 2. The Morgan fingerprint density at radius 1 is 0.862 bits per heavy atom. The number of azo groups is 1. The van der Waals surface area contributed by atoms with Crippen LogP contribution in [0.3, 0.4) is 0 Å². The van der Waals surface area contributed by atoms with Gasteiger partial charge in [-0.2, -0.15) is 0 Å². The van der Waals surface area contributed by atoms with E-state index in [1.165, 1.54) is 0 Å². The normalized spacial score (nSPS) is 13.7. The Balaban J connectivity index is 1.57. The minimum Gasteiger partial charge on any atom is -0.508 e. The van der Waals surface area contributed by atoms with Gasteiger partial charge in [-0.15, -0.1) is 10.2 Å². The molecule has 6 heteroatoms. The predicted octanol–water partition coefficient (Wildman–Crippen LogP) is 3.72. The number of rotatable bonds is 3. The van der Waals surface area contributed by atoms with Crippen LogP contribution in [0.25, 0.3) is 28.8 Å². The van der Waals surface area contributed by atoms with E-state index >= 15 is 0 Å². The van der Waals surface area contributed by atoms with E-state index in [-0.39, 0.29) is 11.6 Å². The number of phenols is 1. The van der Waals surface area contributed by atoms with Crippen LogP contribution in [-0.2, 0) is 0 Å². The van der Waals surface area contributed by atoms with Crippen molar-refractivity contribution in [2.24, 2.45) is 10.2 Å². The zero-order valence-electron chi connectivity index (χ0n) is 15.2. The van der Waals surface area contributed by atoms with E-state index in [4.69, 9.17) is 0 Å². The topological polar surface area (TPSA) is 93.9 Å². The van der Waals surface area contributed by atoms with E-state index in [0.717, 1.165) is 38.3 Å². The summed E-state index contributed by atoms with van der Waals surface area (Å²) in [6.45, 7) is 0. The lowest BCUT2D eigenvalue weighted by atomic mass is 10.1. The Morgan fingerprint density at radius 2 is 1.72 bits per heavy atom. The highest BCUT2D eigenvalue weighted by Gasteiger charge is 2.10. The Bertz CT molecular complexity index is 1420. The van der Waals surface area contributed by atoms with Gasteiger partial charge in [0.1, 0.15) is 5.75 Å². The molecule has 0 radical (unpaired) electrons. The highest BCUT2D eigenvalue weighted by atomic mass is 16.3. The van der Waals surface area contributed by atoms with Crippen molar-refractivity contribution in [3.63, 3.8) is 0 Å². The molecule has 0 bridgehead atoms. The van der Waals surface area contributed by atoms with E-state index in [9.17, 15) is 10.2 Å². The number of pyridine rings is 1. The summed E-state index contributed by atoms with van der Waals surface area (Å²) in [5, 5.41) is 31.2. The van der Waals surface area contributed by atoms with Gasteiger partial charge >= 0.3 is 0 Å². The number of H-pyrrole nitrogens is 1. The molecule has 29 heavy (non-hydrogen) atoms. The summed E-state index contributed by atoms with van der Waals surface area (Å²) < 4.78 is 0. The summed E-state index contributed by atoms with van der Waals surface area (Å²) in [6.07, 6.45) is 9.25. The molecule has 5 rings (SSSR count). The highest BCUT2D eigenvalue weighted by Crippen LogP contribution is 2.30. The van der Waals surface area contributed by atoms with Crippen LogP contribution in [-0.4, -0.2) is 20.2 Å². The maximum absolute atomic E-state index is 10.3. The van der Waals surface area contributed by atoms with Crippen LogP contribution in [0.15, 0.2) is 77.2 Å². The average molecular weight is 380 g/mol. The van der Waals surface area contributed by atoms with Gasteiger partial charge in [-0.05, 0) is 65.4 Å². The molecule has 3 N–H and O–H groups in total. The van der Waals surface area contributed by atoms with E-state index in [2.05, 4.69) is 20.2 Å². The van der Waals surface area contributed by atoms with Crippen molar-refractivity contribution >= 4 is 34.4 Å². The third-order valence-corrected chi connectivity index (χ3v) is 4.82. The fraction of sp³-hybridized carbons (Fsp3) is 0. The van der Waals surface area contributed by atoms with Gasteiger partial charge in [-0.1, -0.05) is 12.1 Å². The summed E-state index contributed by atoms with van der Waals surface area (Å²) in [4.78, 5) is 6.93. The SMILES string of the molecule is Oc1ccc2[nH]c(O)c(C=c3ccc4c(c3)N=NC=4C=Cc3ccncc3)c2c1. The van der Waals surface area contributed by atoms with Gasteiger partial charge in [-0.3, -0.25) is 4.98 Å². The molecule has 2 aromatic carbocycles. The summed E-state index contributed by atoms with van der Waals surface area (Å²) >= 11 is 0. The van der Waals surface area contributed by atoms with Crippen molar-refractivity contribution in [3.05, 3.63) is 88.6 Å². The number of aromatic nitrogens is 2. The number of hydrogen-bond acceptors (Lipinski definition) is 5. The Kier molecular flexibility index (Phi) is 3.95. The van der Waals surface area contributed by atoms with Gasteiger partial charge in [-0.25, -0.2) is 0 Å². The number of hydrogen-bond donors (Lipinski definition) is 3. The first-order valence-corrected chi connectivity index (χ1v) is 9.07. The van der Waals surface area contributed by atoms with Crippen LogP contribution in [0.5, 0.6) is 11.6 Å². The molecule has 0 saturated carbocycles. The minimum atomic E-state index is 0.0558. The molecule has 6 nitrogen and oxygen atoms in total. The summed E-state index contributed by atoms with van der Waals surface area (Å²) in [6, 6.07) is 14.6. The second kappa shape index (κ2) is 6.76. The quantitative estimate of drug-likeness (QED) is 0.506. The number of fused-ring (bicyclic) bond motifs is 2. The fourth-order valence-electron chi connectivity index (χ4n) is 3.37. The van der Waals surface area contributed by atoms with Gasteiger partial charge in [0.15, 0.2) is 5.88 Å². The maximum Gasteiger partial charge on any atom is 0.196 e. The van der Waals surface area contributed by atoms with E-state index < -0.39 is 0 Å². The number of phenolic OH excluding ortho intramolecular Hbond substituents is 1. The number of aromatic amines is 1. The molecule has 4 aromatic rings.